The van der Waals surface area contributed by atoms with Crippen molar-refractivity contribution < 1.29 is 9.30 Å². The largest absolute Gasteiger partial charge is 0.374 e. The molecule has 0 heterocycles. The summed E-state index contributed by atoms with van der Waals surface area (Å²) >= 11 is 0. The van der Waals surface area contributed by atoms with Gasteiger partial charge in [0, 0.05) is 18.9 Å². The van der Waals surface area contributed by atoms with Crippen molar-refractivity contribution >= 4 is 7.14 Å². The highest BCUT2D eigenvalue weighted by Crippen LogP contribution is 2.47. The summed E-state index contributed by atoms with van der Waals surface area (Å²) in [7, 11) is -1.99. The summed E-state index contributed by atoms with van der Waals surface area (Å²) in [5.41, 5.74) is 0. The molecule has 86 valence electrons. The van der Waals surface area contributed by atoms with E-state index in [0.29, 0.717) is 13.0 Å². The van der Waals surface area contributed by atoms with Gasteiger partial charge in [-0.05, 0) is 19.8 Å². The summed E-state index contributed by atoms with van der Waals surface area (Å²) in [4.78, 5) is 0. The molecule has 0 bridgehead atoms. The van der Waals surface area contributed by atoms with Crippen LogP contribution in [0.25, 0.3) is 0 Å². The first kappa shape index (κ1) is 14.2. The zero-order valence-corrected chi connectivity index (χ0v) is 10.8. The van der Waals surface area contributed by atoms with Crippen LogP contribution >= 0.6 is 7.14 Å². The van der Waals surface area contributed by atoms with Gasteiger partial charge in [0.25, 0.3) is 0 Å². The second-order valence-electron chi connectivity index (χ2n) is 3.83. The lowest BCUT2D eigenvalue weighted by atomic mass is 10.4. The van der Waals surface area contributed by atoms with Crippen molar-refractivity contribution in [2.75, 3.05) is 25.3 Å². The van der Waals surface area contributed by atoms with Crippen molar-refractivity contribution in [3.63, 3.8) is 0 Å². The predicted molar refractivity (Wildman–Crippen MR) is 63.6 cm³/mol. The maximum absolute atomic E-state index is 12.4. The molecule has 0 saturated carbocycles. The lowest BCUT2D eigenvalue weighted by Crippen LogP contribution is -2.03. The van der Waals surface area contributed by atoms with Crippen molar-refractivity contribution in [3.8, 4) is 0 Å². The van der Waals surface area contributed by atoms with E-state index in [1.165, 1.54) is 0 Å². The molecule has 2 nitrogen and oxygen atoms in total. The first-order valence-electron chi connectivity index (χ1n) is 5.83. The Balaban J connectivity index is 3.97. The maximum atomic E-state index is 12.4. The molecule has 0 fully saturated rings. The highest BCUT2D eigenvalue weighted by molar-refractivity contribution is 7.63. The molecule has 0 rings (SSSR count). The predicted octanol–water partition coefficient (Wildman–Crippen LogP) is 3.94. The van der Waals surface area contributed by atoms with E-state index >= 15 is 0 Å². The van der Waals surface area contributed by atoms with Crippen LogP contribution < -0.4 is 0 Å². The third-order valence-electron chi connectivity index (χ3n) is 2.37. The van der Waals surface area contributed by atoms with Crippen LogP contribution in [0.15, 0.2) is 0 Å². The van der Waals surface area contributed by atoms with Gasteiger partial charge in [0.05, 0.1) is 6.35 Å². The summed E-state index contributed by atoms with van der Waals surface area (Å²) in [6.07, 6.45) is 6.67. The monoisotopic (exact) mass is 220 g/mol. The number of rotatable bonds is 9. The smallest absolute Gasteiger partial charge is 0.112 e. The highest BCUT2D eigenvalue weighted by atomic mass is 31.2. The SMILES string of the molecule is CCCCP(=O)(CCCC)COCC. The number of hydrogen-bond donors (Lipinski definition) is 0. The van der Waals surface area contributed by atoms with Crippen LogP contribution in [0.3, 0.4) is 0 Å². The van der Waals surface area contributed by atoms with E-state index in [1.54, 1.807) is 0 Å². The van der Waals surface area contributed by atoms with Crippen molar-refractivity contribution in [1.29, 1.82) is 0 Å². The Morgan fingerprint density at radius 3 is 1.86 bits per heavy atom. The van der Waals surface area contributed by atoms with Crippen LogP contribution in [0, 0.1) is 0 Å². The minimum absolute atomic E-state index is 0.503. The van der Waals surface area contributed by atoms with Gasteiger partial charge in [-0.2, -0.15) is 0 Å². The fourth-order valence-corrected chi connectivity index (χ4v) is 4.17. The van der Waals surface area contributed by atoms with E-state index in [1.807, 2.05) is 6.92 Å². The van der Waals surface area contributed by atoms with E-state index in [-0.39, 0.29) is 0 Å². The topological polar surface area (TPSA) is 26.3 Å². The Morgan fingerprint density at radius 1 is 1.00 bits per heavy atom. The zero-order chi connectivity index (χ0) is 10.9. The first-order chi connectivity index (χ1) is 6.68. The minimum atomic E-state index is -1.99. The first-order valence-corrected chi connectivity index (χ1v) is 8.09. The molecule has 0 atom stereocenters. The molecule has 0 saturated heterocycles. The van der Waals surface area contributed by atoms with Crippen LogP contribution in [0.2, 0.25) is 0 Å². The fourth-order valence-electron chi connectivity index (χ4n) is 1.39. The molecule has 0 amide bonds. The fraction of sp³-hybridized carbons (Fsp3) is 1.00. The molecule has 0 aliphatic heterocycles. The normalized spacial score (nSPS) is 11.9. The van der Waals surface area contributed by atoms with Crippen LogP contribution in [0.1, 0.15) is 46.5 Å². The average molecular weight is 220 g/mol. The molecule has 0 N–H and O–H groups in total. The second-order valence-corrected chi connectivity index (χ2v) is 7.10. The van der Waals surface area contributed by atoms with Gasteiger partial charge in [-0.1, -0.05) is 26.7 Å². The van der Waals surface area contributed by atoms with Gasteiger partial charge >= 0.3 is 0 Å². The van der Waals surface area contributed by atoms with Crippen molar-refractivity contribution in [2.24, 2.45) is 0 Å². The Labute approximate surface area is 88.8 Å². The van der Waals surface area contributed by atoms with E-state index in [9.17, 15) is 4.57 Å². The molecule has 3 heteroatoms. The van der Waals surface area contributed by atoms with Crippen LogP contribution in [-0.4, -0.2) is 25.3 Å². The molecule has 0 radical (unpaired) electrons. The van der Waals surface area contributed by atoms with E-state index in [2.05, 4.69) is 13.8 Å². The summed E-state index contributed by atoms with van der Waals surface area (Å²) in [6.45, 7) is 6.93. The lowest BCUT2D eigenvalue weighted by Gasteiger charge is -2.17. The van der Waals surface area contributed by atoms with Crippen LogP contribution in [-0.2, 0) is 9.30 Å². The lowest BCUT2D eigenvalue weighted by molar-refractivity contribution is 0.191. The van der Waals surface area contributed by atoms with Gasteiger partial charge in [-0.3, -0.25) is 0 Å². The highest BCUT2D eigenvalue weighted by Gasteiger charge is 2.20. The van der Waals surface area contributed by atoms with Crippen LogP contribution in [0.4, 0.5) is 0 Å². The third-order valence-corrected chi connectivity index (χ3v) is 5.28. The zero-order valence-electron chi connectivity index (χ0n) is 9.92. The molecule has 0 aliphatic carbocycles. The molecule has 0 unspecified atom stereocenters. The minimum Gasteiger partial charge on any atom is -0.374 e. The summed E-state index contributed by atoms with van der Waals surface area (Å²) < 4.78 is 17.7. The van der Waals surface area contributed by atoms with Gasteiger partial charge in [0.1, 0.15) is 7.14 Å². The molecule has 14 heavy (non-hydrogen) atoms. The summed E-state index contributed by atoms with van der Waals surface area (Å²) in [6, 6.07) is 0. The molecule has 0 aromatic rings. The number of hydrogen-bond acceptors (Lipinski definition) is 2. The van der Waals surface area contributed by atoms with Gasteiger partial charge in [0.2, 0.25) is 0 Å². The van der Waals surface area contributed by atoms with E-state index in [4.69, 9.17) is 4.74 Å². The quantitative estimate of drug-likeness (QED) is 0.550. The van der Waals surface area contributed by atoms with E-state index in [0.717, 1.165) is 38.0 Å². The third kappa shape index (κ3) is 6.62. The van der Waals surface area contributed by atoms with Gasteiger partial charge in [-0.25, -0.2) is 0 Å². The van der Waals surface area contributed by atoms with Crippen LogP contribution in [0.5, 0.6) is 0 Å². The Morgan fingerprint density at radius 2 is 1.50 bits per heavy atom. The Hall–Kier alpha value is 0.190. The number of ether oxygens (including phenoxy) is 1. The molecular formula is C11H25O2P. The van der Waals surface area contributed by atoms with Crippen molar-refractivity contribution in [1.82, 2.24) is 0 Å². The van der Waals surface area contributed by atoms with E-state index < -0.39 is 7.14 Å². The molecule has 0 aromatic heterocycles. The van der Waals surface area contributed by atoms with Gasteiger partial charge < -0.3 is 9.30 Å². The van der Waals surface area contributed by atoms with Gasteiger partial charge in [0.15, 0.2) is 0 Å². The second kappa shape index (κ2) is 8.49. The molecule has 0 aromatic carbocycles. The van der Waals surface area contributed by atoms with Crippen molar-refractivity contribution in [2.45, 2.75) is 46.5 Å². The Kier molecular flexibility index (Phi) is 8.61. The maximum Gasteiger partial charge on any atom is 0.112 e. The number of unbranched alkanes of at least 4 members (excludes halogenated alkanes) is 2. The summed E-state index contributed by atoms with van der Waals surface area (Å²) in [5, 5.41) is 0. The van der Waals surface area contributed by atoms with Gasteiger partial charge in [-0.15, -0.1) is 0 Å². The summed E-state index contributed by atoms with van der Waals surface area (Å²) in [5.74, 6) is 0. The Bertz CT molecular complexity index is 140. The molecular weight excluding hydrogens is 195 g/mol. The molecule has 0 aliphatic rings. The van der Waals surface area contributed by atoms with Crippen molar-refractivity contribution in [3.05, 3.63) is 0 Å². The standard InChI is InChI=1S/C11H25O2P/c1-4-7-9-14(12,10-8-5-2)11-13-6-3/h4-11H2,1-3H3. The molecule has 0 spiro atoms. The average Bonchev–Trinajstić information content (AvgIpc) is 2.21.